The first-order valence-electron chi connectivity index (χ1n) is 8.51. The highest BCUT2D eigenvalue weighted by molar-refractivity contribution is 8.00. The Balaban J connectivity index is 2.06. The third-order valence-electron chi connectivity index (χ3n) is 4.44. The molecule has 0 unspecified atom stereocenters. The Kier molecular flexibility index (Phi) is 5.86. The van der Waals surface area contributed by atoms with Crippen LogP contribution in [0.1, 0.15) is 23.7 Å². The molecule has 0 N–H and O–H groups in total. The first-order chi connectivity index (χ1) is 12.7. The maximum absolute atomic E-state index is 13.3. The number of hydrogen-bond acceptors (Lipinski definition) is 4. The van der Waals surface area contributed by atoms with E-state index >= 15 is 0 Å². The second-order valence-electron chi connectivity index (χ2n) is 6.57. The number of anilines is 1. The maximum Gasteiger partial charge on any atom is 0.259 e. The van der Waals surface area contributed by atoms with Crippen LogP contribution in [0, 0.1) is 0 Å². The summed E-state index contributed by atoms with van der Waals surface area (Å²) in [6.07, 6.45) is 0.832. The zero-order valence-corrected chi connectivity index (χ0v) is 17.7. The van der Waals surface area contributed by atoms with Crippen LogP contribution in [0.2, 0.25) is 5.02 Å². The number of benzene rings is 2. The molecule has 0 saturated carbocycles. The van der Waals surface area contributed by atoms with E-state index in [-0.39, 0.29) is 21.4 Å². The van der Waals surface area contributed by atoms with Crippen LogP contribution in [0.3, 0.4) is 0 Å². The van der Waals surface area contributed by atoms with Gasteiger partial charge in [0, 0.05) is 30.8 Å². The Morgan fingerprint density at radius 2 is 1.93 bits per heavy atom. The molecule has 5 nitrogen and oxygen atoms in total. The first kappa shape index (κ1) is 20.2. The van der Waals surface area contributed by atoms with Crippen molar-refractivity contribution in [1.29, 1.82) is 0 Å². The summed E-state index contributed by atoms with van der Waals surface area (Å²) in [6, 6.07) is 12.0. The van der Waals surface area contributed by atoms with Crippen LogP contribution in [0.4, 0.5) is 5.69 Å². The number of nitrogens with zero attached hydrogens (tertiary/aromatic N) is 2. The summed E-state index contributed by atoms with van der Waals surface area (Å²) >= 11 is 8.01. The minimum atomic E-state index is -3.66. The highest BCUT2D eigenvalue weighted by Crippen LogP contribution is 2.38. The van der Waals surface area contributed by atoms with Crippen molar-refractivity contribution in [2.75, 3.05) is 25.5 Å². The van der Waals surface area contributed by atoms with Gasteiger partial charge in [-0.15, -0.1) is 11.8 Å². The molecule has 3 rings (SSSR count). The normalized spacial score (nSPS) is 17.5. The number of sulfonamides is 1. The highest BCUT2D eigenvalue weighted by Gasteiger charge is 2.28. The number of halogens is 1. The molecule has 0 spiro atoms. The molecule has 144 valence electrons. The number of thioether (sulfide) groups is 1. The number of amides is 1. The third-order valence-corrected chi connectivity index (χ3v) is 7.81. The van der Waals surface area contributed by atoms with E-state index in [1.165, 1.54) is 32.3 Å². The van der Waals surface area contributed by atoms with Crippen LogP contribution >= 0.6 is 23.4 Å². The molecule has 27 heavy (non-hydrogen) atoms. The summed E-state index contributed by atoms with van der Waals surface area (Å²) in [7, 11) is -0.750. The Hall–Kier alpha value is -1.54. The second-order valence-corrected chi connectivity index (χ2v) is 10.6. The fourth-order valence-corrected chi connectivity index (χ4v) is 5.12. The highest BCUT2D eigenvalue weighted by atomic mass is 35.5. The molecule has 1 amide bonds. The van der Waals surface area contributed by atoms with E-state index < -0.39 is 10.0 Å². The number of para-hydroxylation sites is 1. The maximum atomic E-state index is 13.3. The quantitative estimate of drug-likeness (QED) is 0.743. The SMILES string of the molecule is C[C@H]1CCN(C(=O)c2cc(S(=O)(=O)N(C)C)ccc2Cl)c2ccccc2S1. The van der Waals surface area contributed by atoms with Crippen molar-refractivity contribution in [3.05, 3.63) is 53.1 Å². The van der Waals surface area contributed by atoms with E-state index in [1.54, 1.807) is 16.7 Å². The minimum Gasteiger partial charge on any atom is -0.307 e. The van der Waals surface area contributed by atoms with Gasteiger partial charge in [-0.25, -0.2) is 12.7 Å². The van der Waals surface area contributed by atoms with Crippen LogP contribution in [0.15, 0.2) is 52.3 Å². The monoisotopic (exact) mass is 424 g/mol. The third kappa shape index (κ3) is 4.01. The number of hydrogen-bond donors (Lipinski definition) is 0. The Morgan fingerprint density at radius 1 is 1.22 bits per heavy atom. The van der Waals surface area contributed by atoms with Crippen LogP contribution in [0.5, 0.6) is 0 Å². The average Bonchev–Trinajstić information content (AvgIpc) is 2.79. The zero-order chi connectivity index (χ0) is 19.8. The number of fused-ring (bicyclic) bond motifs is 1. The van der Waals surface area contributed by atoms with E-state index in [9.17, 15) is 13.2 Å². The van der Waals surface area contributed by atoms with E-state index in [1.807, 2.05) is 24.3 Å². The summed E-state index contributed by atoms with van der Waals surface area (Å²) in [6.45, 7) is 2.68. The molecule has 0 radical (unpaired) electrons. The van der Waals surface area contributed by atoms with Gasteiger partial charge in [-0.3, -0.25) is 4.79 Å². The predicted octanol–water partition coefficient (Wildman–Crippen LogP) is 4.12. The van der Waals surface area contributed by atoms with Gasteiger partial charge in [0.25, 0.3) is 5.91 Å². The lowest BCUT2D eigenvalue weighted by Gasteiger charge is -2.23. The smallest absolute Gasteiger partial charge is 0.259 e. The summed E-state index contributed by atoms with van der Waals surface area (Å²) in [5.74, 6) is -0.294. The van der Waals surface area contributed by atoms with Crippen molar-refractivity contribution in [2.45, 2.75) is 28.4 Å². The lowest BCUT2D eigenvalue weighted by atomic mass is 10.1. The number of carbonyl (C=O) groups is 1. The molecule has 2 aromatic carbocycles. The van der Waals surface area contributed by atoms with E-state index in [4.69, 9.17) is 11.6 Å². The Bertz CT molecular complexity index is 977. The molecule has 0 aromatic heterocycles. The first-order valence-corrected chi connectivity index (χ1v) is 11.2. The van der Waals surface area contributed by atoms with Gasteiger partial charge in [0.1, 0.15) is 0 Å². The van der Waals surface area contributed by atoms with E-state index in [0.29, 0.717) is 11.8 Å². The van der Waals surface area contributed by atoms with Gasteiger partial charge < -0.3 is 4.90 Å². The fraction of sp³-hybridized carbons (Fsp3) is 0.316. The predicted molar refractivity (Wildman–Crippen MR) is 110 cm³/mol. The van der Waals surface area contributed by atoms with Crippen LogP contribution in [-0.4, -0.2) is 44.5 Å². The molecular formula is C19H21ClN2O3S2. The standard InChI is InChI=1S/C19H21ClN2O3S2/c1-13-10-11-22(17-6-4-5-7-18(17)26-13)19(23)15-12-14(8-9-16(15)20)27(24,25)21(2)3/h4-9,12-13H,10-11H2,1-3H3/t13-/m0/s1. The molecule has 1 atom stereocenters. The second kappa shape index (κ2) is 7.83. The fourth-order valence-electron chi connectivity index (χ4n) is 2.88. The van der Waals surface area contributed by atoms with Crippen molar-refractivity contribution in [2.24, 2.45) is 0 Å². The lowest BCUT2D eigenvalue weighted by Crippen LogP contribution is -2.32. The largest absolute Gasteiger partial charge is 0.307 e. The molecule has 1 aliphatic heterocycles. The van der Waals surface area contributed by atoms with Crippen molar-refractivity contribution >= 4 is 45.0 Å². The van der Waals surface area contributed by atoms with Crippen molar-refractivity contribution in [3.63, 3.8) is 0 Å². The van der Waals surface area contributed by atoms with Crippen LogP contribution in [-0.2, 0) is 10.0 Å². The van der Waals surface area contributed by atoms with Gasteiger partial charge >= 0.3 is 0 Å². The van der Waals surface area contributed by atoms with Crippen molar-refractivity contribution in [1.82, 2.24) is 4.31 Å². The summed E-state index contributed by atoms with van der Waals surface area (Å²) < 4.78 is 26.0. The molecule has 0 aliphatic carbocycles. The van der Waals surface area contributed by atoms with Gasteiger partial charge in [-0.2, -0.15) is 0 Å². The molecule has 0 fully saturated rings. The number of carbonyl (C=O) groups excluding carboxylic acids is 1. The molecule has 0 bridgehead atoms. The topological polar surface area (TPSA) is 57.7 Å². The Morgan fingerprint density at radius 3 is 2.63 bits per heavy atom. The number of rotatable bonds is 3. The van der Waals surface area contributed by atoms with Crippen molar-refractivity contribution < 1.29 is 13.2 Å². The molecule has 0 saturated heterocycles. The average molecular weight is 425 g/mol. The van der Waals surface area contributed by atoms with E-state index in [0.717, 1.165) is 21.3 Å². The molecular weight excluding hydrogens is 404 g/mol. The summed E-state index contributed by atoms with van der Waals surface area (Å²) in [5.41, 5.74) is 1.02. The van der Waals surface area contributed by atoms with Gasteiger partial charge in [0.05, 0.1) is 21.2 Å². The van der Waals surface area contributed by atoms with Crippen molar-refractivity contribution in [3.8, 4) is 0 Å². The Labute approximate surface area is 169 Å². The van der Waals surface area contributed by atoms with Gasteiger partial charge in [0.2, 0.25) is 10.0 Å². The minimum absolute atomic E-state index is 0.0473. The van der Waals surface area contributed by atoms with E-state index in [2.05, 4.69) is 6.92 Å². The van der Waals surface area contributed by atoms with Gasteiger partial charge in [-0.1, -0.05) is 30.7 Å². The molecule has 8 heteroatoms. The van der Waals surface area contributed by atoms with Gasteiger partial charge in [-0.05, 0) is 36.8 Å². The molecule has 2 aromatic rings. The molecule has 1 heterocycles. The van der Waals surface area contributed by atoms with Crippen LogP contribution < -0.4 is 4.90 Å². The van der Waals surface area contributed by atoms with Crippen LogP contribution in [0.25, 0.3) is 0 Å². The molecule has 1 aliphatic rings. The summed E-state index contributed by atoms with van der Waals surface area (Å²) in [5, 5.41) is 0.611. The lowest BCUT2D eigenvalue weighted by molar-refractivity contribution is 0.0986. The zero-order valence-electron chi connectivity index (χ0n) is 15.3. The van der Waals surface area contributed by atoms with Gasteiger partial charge in [0.15, 0.2) is 0 Å². The summed E-state index contributed by atoms with van der Waals surface area (Å²) in [4.78, 5) is 16.1.